The van der Waals surface area contributed by atoms with Crippen molar-refractivity contribution in [2.45, 2.75) is 6.42 Å². The lowest BCUT2D eigenvalue weighted by Gasteiger charge is -2.17. The summed E-state index contributed by atoms with van der Waals surface area (Å²) in [7, 11) is 0. The maximum atomic E-state index is 7.80. The van der Waals surface area contributed by atoms with Crippen molar-refractivity contribution in [1.82, 2.24) is 10.2 Å². The van der Waals surface area contributed by atoms with Gasteiger partial charge < -0.3 is 10.2 Å². The van der Waals surface area contributed by atoms with Crippen LogP contribution in [0.3, 0.4) is 0 Å². The predicted octanol–water partition coefficient (Wildman–Crippen LogP) is 2.09. The summed E-state index contributed by atoms with van der Waals surface area (Å²) >= 11 is 0. The van der Waals surface area contributed by atoms with Crippen LogP contribution in [0.2, 0.25) is 0 Å². The maximum Gasteiger partial charge on any atom is 0.195 e. The van der Waals surface area contributed by atoms with Crippen LogP contribution in [0.15, 0.2) is 36.5 Å². The van der Waals surface area contributed by atoms with Crippen molar-refractivity contribution in [3.8, 4) is 0 Å². The van der Waals surface area contributed by atoms with Gasteiger partial charge in [0.25, 0.3) is 0 Å². The first kappa shape index (κ1) is 10.7. The summed E-state index contributed by atoms with van der Waals surface area (Å²) < 4.78 is 0. The zero-order chi connectivity index (χ0) is 11.2. The van der Waals surface area contributed by atoms with E-state index in [1.54, 1.807) is 0 Å². The Labute approximate surface area is 96.3 Å². The Bertz CT molecular complexity index is 364. The van der Waals surface area contributed by atoms with E-state index in [0.717, 1.165) is 25.1 Å². The van der Waals surface area contributed by atoms with E-state index in [9.17, 15) is 0 Å². The number of rotatable bonds is 2. The normalized spacial score (nSPS) is 15.6. The highest BCUT2D eigenvalue weighted by Gasteiger charge is 2.13. The third-order valence-electron chi connectivity index (χ3n) is 2.56. The average Bonchev–Trinajstić information content (AvgIpc) is 2.84. The van der Waals surface area contributed by atoms with E-state index in [4.69, 9.17) is 5.41 Å². The molecule has 1 saturated heterocycles. The van der Waals surface area contributed by atoms with Gasteiger partial charge in [0.2, 0.25) is 0 Å². The monoisotopic (exact) mass is 214 g/mol. The molecule has 0 amide bonds. The van der Waals surface area contributed by atoms with Crippen LogP contribution in [0, 0.1) is 11.8 Å². The van der Waals surface area contributed by atoms with Gasteiger partial charge in [0.1, 0.15) is 0 Å². The molecule has 2 N–H and O–H groups in total. The molecule has 0 unspecified atom stereocenters. The number of hydrogen-bond donors (Lipinski definition) is 2. The van der Waals surface area contributed by atoms with Gasteiger partial charge in [-0.2, -0.15) is 0 Å². The molecule has 1 fully saturated rings. The molecule has 0 aromatic heterocycles. The summed E-state index contributed by atoms with van der Waals surface area (Å²) in [6.07, 6.45) is 7.05. The lowest BCUT2D eigenvalue weighted by molar-refractivity contribution is 0.507. The van der Waals surface area contributed by atoms with Gasteiger partial charge in [-0.25, -0.2) is 0 Å². The lowest BCUT2D eigenvalue weighted by Crippen LogP contribution is -2.35. The zero-order valence-electron chi connectivity index (χ0n) is 9.19. The van der Waals surface area contributed by atoms with Crippen LogP contribution in [0.1, 0.15) is 12.0 Å². The molecule has 3 heteroatoms. The van der Waals surface area contributed by atoms with Crippen LogP contribution < -0.4 is 5.32 Å². The Morgan fingerprint density at radius 2 is 2.12 bits per heavy atom. The molecule has 1 aliphatic rings. The maximum absolute atomic E-state index is 7.80. The van der Waals surface area contributed by atoms with Crippen LogP contribution >= 0.6 is 0 Å². The summed E-state index contributed by atoms with van der Waals surface area (Å²) in [4.78, 5) is 2.01. The summed E-state index contributed by atoms with van der Waals surface area (Å²) in [5.41, 5.74) is 1.13. The van der Waals surface area contributed by atoms with Gasteiger partial charge in [0.15, 0.2) is 5.96 Å². The molecule has 83 valence electrons. The third-order valence-corrected chi connectivity index (χ3v) is 2.56. The van der Waals surface area contributed by atoms with Gasteiger partial charge in [0.05, 0.1) is 0 Å². The fourth-order valence-corrected chi connectivity index (χ4v) is 1.66. The number of guanidine groups is 1. The van der Waals surface area contributed by atoms with E-state index < -0.39 is 0 Å². The largest absolute Gasteiger partial charge is 0.343 e. The molecule has 1 aromatic carbocycles. The van der Waals surface area contributed by atoms with E-state index in [2.05, 4.69) is 11.7 Å². The fraction of sp³-hybridized carbons (Fsp3) is 0.231. The first-order chi connectivity index (χ1) is 7.86. The first-order valence-corrected chi connectivity index (χ1v) is 5.49. The Balaban J connectivity index is 1.82. The van der Waals surface area contributed by atoms with Gasteiger partial charge >= 0.3 is 0 Å². The van der Waals surface area contributed by atoms with Gasteiger partial charge in [-0.3, -0.25) is 5.41 Å². The molecule has 0 bridgehead atoms. The standard InChI is InChI=1S/C13H16N3/c14-13(16-10-4-5-11-16)15-9-8-12-6-2-1-3-7-12/h1-4,6-9H,5,10-11H2,(H2,14,15). The molecule has 0 atom stereocenters. The van der Waals surface area contributed by atoms with Crippen molar-refractivity contribution >= 4 is 12.0 Å². The fourth-order valence-electron chi connectivity index (χ4n) is 1.66. The minimum absolute atomic E-state index is 0.473. The Morgan fingerprint density at radius 3 is 2.81 bits per heavy atom. The molecule has 0 saturated carbocycles. The number of nitrogens with zero attached hydrogens (tertiary/aromatic N) is 1. The second kappa shape index (κ2) is 5.35. The Hall–Kier alpha value is -1.77. The van der Waals surface area contributed by atoms with E-state index >= 15 is 0 Å². The van der Waals surface area contributed by atoms with Crippen molar-refractivity contribution in [3.05, 3.63) is 48.5 Å². The van der Waals surface area contributed by atoms with Gasteiger partial charge in [-0.05, 0) is 24.5 Å². The minimum Gasteiger partial charge on any atom is -0.343 e. The highest BCUT2D eigenvalue weighted by atomic mass is 15.3. The Kier molecular flexibility index (Phi) is 3.59. The number of likely N-dealkylation sites (tertiary alicyclic amines) is 1. The molecule has 3 nitrogen and oxygen atoms in total. The molecule has 1 aromatic rings. The SMILES string of the molecule is N=C(NC=Cc1ccccc1)N1C[CH]CC1. The Morgan fingerprint density at radius 1 is 1.31 bits per heavy atom. The van der Waals surface area contributed by atoms with E-state index in [0.29, 0.717) is 5.96 Å². The molecule has 1 heterocycles. The molecule has 2 rings (SSSR count). The van der Waals surface area contributed by atoms with Gasteiger partial charge in [-0.15, -0.1) is 0 Å². The summed E-state index contributed by atoms with van der Waals surface area (Å²) in [5, 5.41) is 10.8. The highest BCUT2D eigenvalue weighted by Crippen LogP contribution is 2.05. The summed E-state index contributed by atoms with van der Waals surface area (Å²) in [6, 6.07) is 10.1. The van der Waals surface area contributed by atoms with Crippen molar-refractivity contribution in [2.24, 2.45) is 0 Å². The number of hydrogen-bond acceptors (Lipinski definition) is 1. The quantitative estimate of drug-likeness (QED) is 0.584. The van der Waals surface area contributed by atoms with Crippen LogP contribution in [-0.4, -0.2) is 23.9 Å². The first-order valence-electron chi connectivity index (χ1n) is 5.49. The molecule has 1 aliphatic heterocycles. The van der Waals surface area contributed by atoms with Crippen LogP contribution in [0.4, 0.5) is 0 Å². The van der Waals surface area contributed by atoms with Crippen LogP contribution in [0.25, 0.3) is 6.08 Å². The van der Waals surface area contributed by atoms with Crippen LogP contribution in [0.5, 0.6) is 0 Å². The number of nitrogens with one attached hydrogen (secondary N) is 2. The second-order valence-electron chi connectivity index (χ2n) is 3.76. The molecule has 0 spiro atoms. The van der Waals surface area contributed by atoms with Crippen molar-refractivity contribution in [2.75, 3.05) is 13.1 Å². The zero-order valence-corrected chi connectivity index (χ0v) is 9.19. The average molecular weight is 214 g/mol. The topological polar surface area (TPSA) is 39.1 Å². The summed E-state index contributed by atoms with van der Waals surface area (Å²) in [5.74, 6) is 0.473. The molecular weight excluding hydrogens is 198 g/mol. The van der Waals surface area contributed by atoms with E-state index in [-0.39, 0.29) is 0 Å². The van der Waals surface area contributed by atoms with Gasteiger partial charge in [0, 0.05) is 19.3 Å². The van der Waals surface area contributed by atoms with Crippen LogP contribution in [-0.2, 0) is 0 Å². The van der Waals surface area contributed by atoms with E-state index in [1.807, 2.05) is 47.5 Å². The van der Waals surface area contributed by atoms with E-state index in [1.165, 1.54) is 0 Å². The van der Waals surface area contributed by atoms with Crippen molar-refractivity contribution in [1.29, 1.82) is 5.41 Å². The third kappa shape index (κ3) is 2.86. The predicted molar refractivity (Wildman–Crippen MR) is 66.8 cm³/mol. The molecule has 1 radical (unpaired) electrons. The smallest absolute Gasteiger partial charge is 0.195 e. The summed E-state index contributed by atoms with van der Waals surface area (Å²) in [6.45, 7) is 1.83. The molecular formula is C13H16N3. The van der Waals surface area contributed by atoms with Crippen molar-refractivity contribution in [3.63, 3.8) is 0 Å². The minimum atomic E-state index is 0.473. The van der Waals surface area contributed by atoms with Crippen molar-refractivity contribution < 1.29 is 0 Å². The van der Waals surface area contributed by atoms with Gasteiger partial charge in [-0.1, -0.05) is 30.3 Å². The lowest BCUT2D eigenvalue weighted by atomic mass is 10.2. The molecule has 0 aliphatic carbocycles. The molecule has 16 heavy (non-hydrogen) atoms. The highest BCUT2D eigenvalue weighted by molar-refractivity contribution is 5.78. The second-order valence-corrected chi connectivity index (χ2v) is 3.76. The number of benzene rings is 1.